The highest BCUT2D eigenvalue weighted by Gasteiger charge is 2.46. The Labute approximate surface area is 94.8 Å². The lowest BCUT2D eigenvalue weighted by Gasteiger charge is -2.09. The molecule has 1 atom stereocenters. The van der Waals surface area contributed by atoms with Crippen molar-refractivity contribution in [3.8, 4) is 0 Å². The van der Waals surface area contributed by atoms with Crippen LogP contribution >= 0.6 is 0 Å². The molecule has 1 saturated carbocycles. The van der Waals surface area contributed by atoms with Gasteiger partial charge in [-0.25, -0.2) is 0 Å². The van der Waals surface area contributed by atoms with Gasteiger partial charge in [-0.3, -0.25) is 10.1 Å². The molecule has 1 N–H and O–H groups in total. The van der Waals surface area contributed by atoms with Crippen LogP contribution < -0.4 is 5.32 Å². The maximum Gasteiger partial charge on any atom is 0.292 e. The van der Waals surface area contributed by atoms with Crippen LogP contribution in [0.4, 0.5) is 11.4 Å². The Kier molecular flexibility index (Phi) is 2.37. The minimum absolute atomic E-state index is 0.169. The first-order chi connectivity index (χ1) is 7.40. The Morgan fingerprint density at radius 1 is 1.50 bits per heavy atom. The van der Waals surface area contributed by atoms with Crippen LogP contribution in [0.2, 0.25) is 0 Å². The van der Waals surface area contributed by atoms with E-state index in [9.17, 15) is 10.1 Å². The van der Waals surface area contributed by atoms with Gasteiger partial charge < -0.3 is 5.32 Å². The van der Waals surface area contributed by atoms with E-state index >= 15 is 0 Å². The van der Waals surface area contributed by atoms with Crippen molar-refractivity contribution >= 4 is 11.4 Å². The molecule has 0 amide bonds. The Bertz CT molecular complexity index is 441. The molecule has 1 fully saturated rings. The third kappa shape index (κ3) is 2.01. The molecular weight excluding hydrogens is 204 g/mol. The van der Waals surface area contributed by atoms with E-state index in [0.717, 1.165) is 12.0 Å². The van der Waals surface area contributed by atoms with E-state index in [2.05, 4.69) is 19.2 Å². The molecule has 0 saturated heterocycles. The van der Waals surface area contributed by atoms with Gasteiger partial charge in [0.05, 0.1) is 4.92 Å². The predicted octanol–water partition coefficient (Wildman–Crippen LogP) is 3.11. The molecule has 1 aromatic rings. The summed E-state index contributed by atoms with van der Waals surface area (Å²) in [6.45, 7) is 6.17. The average molecular weight is 220 g/mol. The number of rotatable bonds is 3. The average Bonchev–Trinajstić information content (AvgIpc) is 2.76. The topological polar surface area (TPSA) is 55.2 Å². The first-order valence-electron chi connectivity index (χ1n) is 5.42. The summed E-state index contributed by atoms with van der Waals surface area (Å²) >= 11 is 0. The van der Waals surface area contributed by atoms with Crippen LogP contribution in [0.3, 0.4) is 0 Å². The molecule has 0 heterocycles. The Balaban J connectivity index is 2.24. The SMILES string of the molecule is Cc1ccc(NC2CC2(C)C)c([N+](=O)[O-])c1. The fourth-order valence-electron chi connectivity index (χ4n) is 1.82. The summed E-state index contributed by atoms with van der Waals surface area (Å²) in [4.78, 5) is 10.6. The van der Waals surface area contributed by atoms with Gasteiger partial charge in [0.1, 0.15) is 5.69 Å². The highest BCUT2D eigenvalue weighted by atomic mass is 16.6. The summed E-state index contributed by atoms with van der Waals surface area (Å²) < 4.78 is 0. The maximum atomic E-state index is 10.9. The van der Waals surface area contributed by atoms with E-state index in [4.69, 9.17) is 0 Å². The van der Waals surface area contributed by atoms with Gasteiger partial charge >= 0.3 is 0 Å². The van der Waals surface area contributed by atoms with Crippen molar-refractivity contribution in [2.45, 2.75) is 33.2 Å². The Hall–Kier alpha value is -1.58. The zero-order valence-electron chi connectivity index (χ0n) is 9.78. The van der Waals surface area contributed by atoms with E-state index < -0.39 is 0 Å². The van der Waals surface area contributed by atoms with Crippen LogP contribution in [0, 0.1) is 22.5 Å². The highest BCUT2D eigenvalue weighted by Crippen LogP contribution is 2.47. The molecule has 4 nitrogen and oxygen atoms in total. The zero-order valence-corrected chi connectivity index (χ0v) is 9.78. The predicted molar refractivity (Wildman–Crippen MR) is 63.6 cm³/mol. The van der Waals surface area contributed by atoms with Gasteiger partial charge in [0, 0.05) is 12.1 Å². The van der Waals surface area contributed by atoms with Crippen LogP contribution in [0.5, 0.6) is 0 Å². The summed E-state index contributed by atoms with van der Waals surface area (Å²) in [6.07, 6.45) is 1.07. The van der Waals surface area contributed by atoms with E-state index in [-0.39, 0.29) is 16.0 Å². The quantitative estimate of drug-likeness (QED) is 0.629. The number of hydrogen-bond donors (Lipinski definition) is 1. The number of hydrogen-bond acceptors (Lipinski definition) is 3. The number of benzene rings is 1. The number of nitro groups is 1. The van der Waals surface area contributed by atoms with E-state index in [0.29, 0.717) is 11.7 Å². The molecule has 86 valence electrons. The third-order valence-corrected chi connectivity index (χ3v) is 3.19. The molecule has 0 aliphatic heterocycles. The summed E-state index contributed by atoms with van der Waals surface area (Å²) in [5, 5.41) is 14.1. The highest BCUT2D eigenvalue weighted by molar-refractivity contribution is 5.63. The summed E-state index contributed by atoms with van der Waals surface area (Å²) in [7, 11) is 0. The van der Waals surface area contributed by atoms with Crippen molar-refractivity contribution in [2.75, 3.05) is 5.32 Å². The Morgan fingerprint density at radius 3 is 2.62 bits per heavy atom. The summed E-state index contributed by atoms with van der Waals surface area (Å²) in [5.41, 5.74) is 1.97. The normalized spacial score (nSPS) is 21.6. The lowest BCUT2D eigenvalue weighted by atomic mass is 10.1. The fraction of sp³-hybridized carbons (Fsp3) is 0.500. The molecule has 0 spiro atoms. The van der Waals surface area contributed by atoms with Crippen molar-refractivity contribution < 1.29 is 4.92 Å². The van der Waals surface area contributed by atoms with Gasteiger partial charge in [-0.05, 0) is 30.4 Å². The molecular formula is C12H16N2O2. The second-order valence-electron chi connectivity index (χ2n) is 5.17. The van der Waals surface area contributed by atoms with Crippen molar-refractivity contribution in [1.29, 1.82) is 0 Å². The monoisotopic (exact) mass is 220 g/mol. The summed E-state index contributed by atoms with van der Waals surface area (Å²) in [5.74, 6) is 0. The molecule has 2 rings (SSSR count). The maximum absolute atomic E-state index is 10.9. The van der Waals surface area contributed by atoms with Crippen LogP contribution in [-0.4, -0.2) is 11.0 Å². The van der Waals surface area contributed by atoms with Gasteiger partial charge in [0.2, 0.25) is 0 Å². The number of nitrogens with one attached hydrogen (secondary N) is 1. The molecule has 1 aliphatic carbocycles. The minimum Gasteiger partial charge on any atom is -0.376 e. The van der Waals surface area contributed by atoms with E-state index in [1.165, 1.54) is 0 Å². The minimum atomic E-state index is -0.329. The molecule has 4 heteroatoms. The number of anilines is 1. The van der Waals surface area contributed by atoms with Gasteiger partial charge in [-0.1, -0.05) is 19.9 Å². The van der Waals surface area contributed by atoms with E-state index in [1.54, 1.807) is 12.1 Å². The zero-order chi connectivity index (χ0) is 11.9. The molecule has 0 aromatic heterocycles. The molecule has 1 aliphatic rings. The number of nitrogens with zero attached hydrogens (tertiary/aromatic N) is 1. The van der Waals surface area contributed by atoms with Gasteiger partial charge in [-0.15, -0.1) is 0 Å². The molecule has 0 bridgehead atoms. The fourth-order valence-corrected chi connectivity index (χ4v) is 1.82. The first-order valence-corrected chi connectivity index (χ1v) is 5.42. The van der Waals surface area contributed by atoms with E-state index in [1.807, 2.05) is 13.0 Å². The third-order valence-electron chi connectivity index (χ3n) is 3.19. The van der Waals surface area contributed by atoms with Gasteiger partial charge in [-0.2, -0.15) is 0 Å². The first kappa shape index (κ1) is 10.9. The molecule has 0 radical (unpaired) electrons. The molecule has 1 unspecified atom stereocenters. The van der Waals surface area contributed by atoms with Crippen LogP contribution in [-0.2, 0) is 0 Å². The smallest absolute Gasteiger partial charge is 0.292 e. The Morgan fingerprint density at radius 2 is 2.12 bits per heavy atom. The number of aryl methyl sites for hydroxylation is 1. The van der Waals surface area contributed by atoms with Crippen LogP contribution in [0.25, 0.3) is 0 Å². The van der Waals surface area contributed by atoms with Crippen molar-refractivity contribution in [1.82, 2.24) is 0 Å². The van der Waals surface area contributed by atoms with Crippen molar-refractivity contribution in [3.05, 3.63) is 33.9 Å². The molecule has 16 heavy (non-hydrogen) atoms. The second kappa shape index (κ2) is 3.47. The second-order valence-corrected chi connectivity index (χ2v) is 5.17. The van der Waals surface area contributed by atoms with Crippen LogP contribution in [0.15, 0.2) is 18.2 Å². The van der Waals surface area contributed by atoms with Crippen molar-refractivity contribution in [3.63, 3.8) is 0 Å². The van der Waals surface area contributed by atoms with Crippen molar-refractivity contribution in [2.24, 2.45) is 5.41 Å². The molecule has 1 aromatic carbocycles. The largest absolute Gasteiger partial charge is 0.376 e. The summed E-state index contributed by atoms with van der Waals surface area (Å²) in [6, 6.07) is 5.65. The lowest BCUT2D eigenvalue weighted by Crippen LogP contribution is -2.10. The standard InChI is InChI=1S/C12H16N2O2/c1-8-4-5-9(10(6-8)14(15)16)13-11-7-12(11,2)3/h4-6,11,13H,7H2,1-3H3. The van der Waals surface area contributed by atoms with Gasteiger partial charge in [0.15, 0.2) is 0 Å². The van der Waals surface area contributed by atoms with Crippen LogP contribution in [0.1, 0.15) is 25.8 Å². The van der Waals surface area contributed by atoms with Gasteiger partial charge in [0.25, 0.3) is 5.69 Å². The lowest BCUT2D eigenvalue weighted by molar-refractivity contribution is -0.384. The number of nitro benzene ring substituents is 1.